The van der Waals surface area contributed by atoms with Crippen LogP contribution in [0.4, 0.5) is 0 Å². The summed E-state index contributed by atoms with van der Waals surface area (Å²) in [5, 5.41) is 0.611. The van der Waals surface area contributed by atoms with E-state index < -0.39 is 0 Å². The van der Waals surface area contributed by atoms with Gasteiger partial charge in [0.05, 0.1) is 9.50 Å². The van der Waals surface area contributed by atoms with Gasteiger partial charge in [-0.05, 0) is 40.5 Å². The Balaban J connectivity index is 2.92. The molecule has 0 aliphatic carbocycles. The monoisotopic (exact) mass is 263 g/mol. The van der Waals surface area contributed by atoms with Crippen LogP contribution in [0.15, 0.2) is 16.6 Å². The van der Waals surface area contributed by atoms with E-state index in [1.54, 1.807) is 0 Å². The highest BCUT2D eigenvalue weighted by molar-refractivity contribution is 9.10. The van der Waals surface area contributed by atoms with Crippen molar-refractivity contribution in [3.63, 3.8) is 0 Å². The second kappa shape index (κ2) is 4.84. The van der Waals surface area contributed by atoms with Gasteiger partial charge in [-0.25, -0.2) is 0 Å². The molecule has 1 rings (SSSR count). The van der Waals surface area contributed by atoms with Gasteiger partial charge in [-0.1, -0.05) is 11.6 Å². The molecule has 13 heavy (non-hydrogen) atoms. The summed E-state index contributed by atoms with van der Waals surface area (Å²) in [5.74, 6) is 0.665. The van der Waals surface area contributed by atoms with Crippen LogP contribution >= 0.6 is 27.5 Å². The predicted octanol–water partition coefficient (Wildman–Crippen LogP) is 2.75. The van der Waals surface area contributed by atoms with Crippen molar-refractivity contribution in [1.29, 1.82) is 0 Å². The van der Waals surface area contributed by atoms with Crippen LogP contribution in [0, 0.1) is 6.92 Å². The Hall–Kier alpha value is -0.250. The summed E-state index contributed by atoms with van der Waals surface area (Å²) in [6.07, 6.45) is 0. The van der Waals surface area contributed by atoms with Crippen LogP contribution in [0.2, 0.25) is 5.02 Å². The van der Waals surface area contributed by atoms with Gasteiger partial charge in [0.25, 0.3) is 0 Å². The number of benzene rings is 1. The van der Waals surface area contributed by atoms with Gasteiger partial charge >= 0.3 is 0 Å². The van der Waals surface area contributed by atoms with Gasteiger partial charge in [-0.2, -0.15) is 0 Å². The Bertz CT molecular complexity index is 281. The van der Waals surface area contributed by atoms with Crippen LogP contribution in [0.25, 0.3) is 0 Å². The lowest BCUT2D eigenvalue weighted by atomic mass is 10.2. The van der Waals surface area contributed by atoms with Crippen LogP contribution in [0.1, 0.15) is 5.56 Å². The zero-order chi connectivity index (χ0) is 9.84. The molecule has 0 radical (unpaired) electrons. The molecule has 0 saturated heterocycles. The summed E-state index contributed by atoms with van der Waals surface area (Å²) in [6, 6.07) is 3.82. The van der Waals surface area contributed by atoms with E-state index in [1.165, 1.54) is 0 Å². The number of halogens is 2. The summed E-state index contributed by atoms with van der Waals surface area (Å²) in [5.41, 5.74) is 6.42. The van der Waals surface area contributed by atoms with Gasteiger partial charge in [0.2, 0.25) is 0 Å². The highest BCUT2D eigenvalue weighted by Crippen LogP contribution is 2.34. The highest BCUT2D eigenvalue weighted by atomic mass is 79.9. The maximum atomic E-state index is 5.97. The lowest BCUT2D eigenvalue weighted by molar-refractivity contribution is 0.326. The molecule has 0 bridgehead atoms. The largest absolute Gasteiger partial charge is 0.490 e. The number of hydrogen-bond acceptors (Lipinski definition) is 2. The van der Waals surface area contributed by atoms with E-state index in [-0.39, 0.29) is 0 Å². The third-order valence-electron chi connectivity index (χ3n) is 1.51. The van der Waals surface area contributed by atoms with Crippen LogP contribution < -0.4 is 10.5 Å². The molecule has 0 saturated carbocycles. The predicted molar refractivity (Wildman–Crippen MR) is 58.4 cm³/mol. The summed E-state index contributed by atoms with van der Waals surface area (Å²) >= 11 is 9.35. The Morgan fingerprint density at radius 1 is 1.54 bits per heavy atom. The summed E-state index contributed by atoms with van der Waals surface area (Å²) in [6.45, 7) is 2.93. The van der Waals surface area contributed by atoms with E-state index in [0.29, 0.717) is 23.9 Å². The summed E-state index contributed by atoms with van der Waals surface area (Å²) < 4.78 is 6.23. The molecule has 0 spiro atoms. The Kier molecular flexibility index (Phi) is 4.03. The molecule has 0 aromatic heterocycles. The first kappa shape index (κ1) is 10.8. The first-order valence-electron chi connectivity index (χ1n) is 3.93. The molecule has 2 nitrogen and oxygen atoms in total. The SMILES string of the molecule is Cc1cc(Cl)c(OCCN)c(Br)c1. The van der Waals surface area contributed by atoms with Crippen molar-refractivity contribution in [2.75, 3.05) is 13.2 Å². The Labute approximate surface area is 91.2 Å². The molecule has 2 N–H and O–H groups in total. The fourth-order valence-corrected chi connectivity index (χ4v) is 2.12. The number of hydrogen-bond donors (Lipinski definition) is 1. The molecule has 1 aromatic rings. The van der Waals surface area contributed by atoms with Gasteiger partial charge in [0, 0.05) is 6.54 Å². The van der Waals surface area contributed by atoms with Crippen LogP contribution in [0.3, 0.4) is 0 Å². The van der Waals surface area contributed by atoms with Crippen molar-refractivity contribution in [3.8, 4) is 5.75 Å². The molecule has 0 heterocycles. The van der Waals surface area contributed by atoms with Crippen molar-refractivity contribution >= 4 is 27.5 Å². The van der Waals surface area contributed by atoms with Crippen LogP contribution in [-0.4, -0.2) is 13.2 Å². The molecule has 1 aromatic carbocycles. The first-order chi connectivity index (χ1) is 6.15. The van der Waals surface area contributed by atoms with E-state index in [2.05, 4.69) is 15.9 Å². The number of ether oxygens (including phenoxy) is 1. The summed E-state index contributed by atoms with van der Waals surface area (Å²) in [4.78, 5) is 0. The number of nitrogens with two attached hydrogens (primary N) is 1. The van der Waals surface area contributed by atoms with Crippen molar-refractivity contribution in [1.82, 2.24) is 0 Å². The molecular weight excluding hydrogens is 253 g/mol. The second-order valence-corrected chi connectivity index (χ2v) is 3.96. The van der Waals surface area contributed by atoms with Crippen molar-refractivity contribution in [3.05, 3.63) is 27.2 Å². The topological polar surface area (TPSA) is 35.2 Å². The van der Waals surface area contributed by atoms with Crippen LogP contribution in [-0.2, 0) is 0 Å². The molecule has 72 valence electrons. The lowest BCUT2D eigenvalue weighted by Crippen LogP contribution is -2.11. The van der Waals surface area contributed by atoms with Crippen LogP contribution in [0.5, 0.6) is 5.75 Å². The van der Waals surface area contributed by atoms with E-state index in [4.69, 9.17) is 22.1 Å². The summed E-state index contributed by atoms with van der Waals surface area (Å²) in [7, 11) is 0. The van der Waals surface area contributed by atoms with Gasteiger partial charge in [0.1, 0.15) is 6.61 Å². The van der Waals surface area contributed by atoms with Crippen molar-refractivity contribution in [2.24, 2.45) is 5.73 Å². The lowest BCUT2D eigenvalue weighted by Gasteiger charge is -2.09. The maximum absolute atomic E-state index is 5.97. The molecule has 0 aliphatic heterocycles. The van der Waals surface area contributed by atoms with Crippen molar-refractivity contribution in [2.45, 2.75) is 6.92 Å². The van der Waals surface area contributed by atoms with Gasteiger partial charge in [-0.15, -0.1) is 0 Å². The molecule has 0 atom stereocenters. The van der Waals surface area contributed by atoms with Gasteiger partial charge in [0.15, 0.2) is 5.75 Å². The Morgan fingerprint density at radius 2 is 2.23 bits per heavy atom. The van der Waals surface area contributed by atoms with E-state index in [1.807, 2.05) is 19.1 Å². The van der Waals surface area contributed by atoms with Crippen molar-refractivity contribution < 1.29 is 4.74 Å². The third kappa shape index (κ3) is 2.86. The molecule has 0 unspecified atom stereocenters. The average Bonchev–Trinajstić information content (AvgIpc) is 2.02. The smallest absolute Gasteiger partial charge is 0.152 e. The molecule has 0 fully saturated rings. The standard InChI is InChI=1S/C9H11BrClNO/c1-6-4-7(10)9(8(11)5-6)13-3-2-12/h4-5H,2-3,12H2,1H3. The molecule has 0 amide bonds. The van der Waals surface area contributed by atoms with E-state index >= 15 is 0 Å². The van der Waals surface area contributed by atoms with Gasteiger partial charge < -0.3 is 10.5 Å². The maximum Gasteiger partial charge on any atom is 0.152 e. The zero-order valence-corrected chi connectivity index (χ0v) is 9.65. The number of aryl methyl sites for hydroxylation is 1. The second-order valence-electron chi connectivity index (χ2n) is 2.69. The first-order valence-corrected chi connectivity index (χ1v) is 5.10. The highest BCUT2D eigenvalue weighted by Gasteiger charge is 2.06. The molecule has 0 aliphatic rings. The fourth-order valence-electron chi connectivity index (χ4n) is 0.985. The minimum absolute atomic E-state index is 0.474. The number of rotatable bonds is 3. The quantitative estimate of drug-likeness (QED) is 0.911. The minimum Gasteiger partial charge on any atom is -0.490 e. The minimum atomic E-state index is 0.474. The normalized spacial score (nSPS) is 10.2. The Morgan fingerprint density at radius 3 is 2.77 bits per heavy atom. The van der Waals surface area contributed by atoms with E-state index in [0.717, 1.165) is 10.0 Å². The average molecular weight is 265 g/mol. The molecule has 4 heteroatoms. The zero-order valence-electron chi connectivity index (χ0n) is 7.31. The molecular formula is C9H11BrClNO. The third-order valence-corrected chi connectivity index (χ3v) is 2.38. The van der Waals surface area contributed by atoms with Gasteiger partial charge in [-0.3, -0.25) is 0 Å². The fraction of sp³-hybridized carbons (Fsp3) is 0.333. The van der Waals surface area contributed by atoms with E-state index in [9.17, 15) is 0 Å².